The highest BCUT2D eigenvalue weighted by Gasteiger charge is 2.18. The van der Waals surface area contributed by atoms with Gasteiger partial charge >= 0.3 is 5.69 Å². The summed E-state index contributed by atoms with van der Waals surface area (Å²) in [5.41, 5.74) is 0.141. The molecule has 1 saturated heterocycles. The minimum atomic E-state index is -0.355. The van der Waals surface area contributed by atoms with Gasteiger partial charge in [0.2, 0.25) is 0 Å². The lowest BCUT2D eigenvalue weighted by Gasteiger charge is -2.33. The Kier molecular flexibility index (Phi) is 3.88. The number of imidazole rings is 1. The Morgan fingerprint density at radius 2 is 1.68 bits per heavy atom. The van der Waals surface area contributed by atoms with Crippen molar-refractivity contribution in [1.29, 1.82) is 0 Å². The molecule has 1 fully saturated rings. The van der Waals surface area contributed by atoms with E-state index in [1.807, 2.05) is 0 Å². The number of H-pyrrole nitrogens is 1. The van der Waals surface area contributed by atoms with Crippen molar-refractivity contribution in [3.8, 4) is 0 Å². The summed E-state index contributed by atoms with van der Waals surface area (Å²) >= 11 is 0. The van der Waals surface area contributed by atoms with Gasteiger partial charge in [-0.25, -0.2) is 9.78 Å². The van der Waals surface area contributed by atoms with E-state index < -0.39 is 0 Å². The largest absolute Gasteiger partial charge is 0.335 e. The van der Waals surface area contributed by atoms with E-state index >= 15 is 0 Å². The van der Waals surface area contributed by atoms with E-state index in [4.69, 9.17) is 0 Å². The molecular formula is C14H22N6O2. The number of aromatic amines is 1. The van der Waals surface area contributed by atoms with Gasteiger partial charge in [0.1, 0.15) is 11.3 Å². The van der Waals surface area contributed by atoms with Crippen LogP contribution in [0.3, 0.4) is 0 Å². The third-order valence-corrected chi connectivity index (χ3v) is 4.43. The Bertz CT molecular complexity index is 794. The van der Waals surface area contributed by atoms with Crippen LogP contribution in [-0.2, 0) is 20.6 Å². The lowest BCUT2D eigenvalue weighted by atomic mass is 10.3. The van der Waals surface area contributed by atoms with Gasteiger partial charge in [-0.3, -0.25) is 18.8 Å². The molecular weight excluding hydrogens is 284 g/mol. The van der Waals surface area contributed by atoms with Crippen molar-refractivity contribution in [3.05, 3.63) is 26.7 Å². The standard InChI is InChI=1S/C14H22N6O2/c1-4-19-5-7-20(8-6-19)9-10-15-11-12(16-10)17(2)14(22)18(3)13(11)21/h4-9H2,1-3H3,(H,15,16). The molecule has 0 aromatic carbocycles. The third kappa shape index (κ3) is 2.48. The first-order chi connectivity index (χ1) is 10.5. The molecule has 0 spiro atoms. The van der Waals surface area contributed by atoms with Gasteiger partial charge in [0, 0.05) is 40.3 Å². The second-order valence-corrected chi connectivity index (χ2v) is 5.80. The molecule has 1 aliphatic rings. The van der Waals surface area contributed by atoms with Gasteiger partial charge in [-0.05, 0) is 6.54 Å². The summed E-state index contributed by atoms with van der Waals surface area (Å²) in [4.78, 5) is 36.3. The molecule has 0 unspecified atom stereocenters. The molecule has 8 heteroatoms. The number of aromatic nitrogens is 4. The second kappa shape index (κ2) is 5.69. The highest BCUT2D eigenvalue weighted by Crippen LogP contribution is 2.09. The molecule has 3 heterocycles. The number of rotatable bonds is 3. The zero-order valence-corrected chi connectivity index (χ0v) is 13.3. The molecule has 0 saturated carbocycles. The van der Waals surface area contributed by atoms with E-state index in [2.05, 4.69) is 26.7 Å². The fourth-order valence-electron chi connectivity index (χ4n) is 2.92. The molecule has 0 aliphatic carbocycles. The first-order valence-electron chi connectivity index (χ1n) is 7.60. The van der Waals surface area contributed by atoms with Crippen LogP contribution in [0.25, 0.3) is 11.2 Å². The number of nitrogens with zero attached hydrogens (tertiary/aromatic N) is 5. The fourth-order valence-corrected chi connectivity index (χ4v) is 2.92. The van der Waals surface area contributed by atoms with Crippen molar-refractivity contribution in [1.82, 2.24) is 28.9 Å². The van der Waals surface area contributed by atoms with Crippen LogP contribution in [0.15, 0.2) is 9.59 Å². The number of fused-ring (bicyclic) bond motifs is 1. The normalized spacial score (nSPS) is 17.4. The van der Waals surface area contributed by atoms with Crippen LogP contribution >= 0.6 is 0 Å². The molecule has 120 valence electrons. The summed E-state index contributed by atoms with van der Waals surface area (Å²) in [6, 6.07) is 0. The summed E-state index contributed by atoms with van der Waals surface area (Å²) in [6.07, 6.45) is 0. The lowest BCUT2D eigenvalue weighted by molar-refractivity contribution is 0.130. The molecule has 8 nitrogen and oxygen atoms in total. The third-order valence-electron chi connectivity index (χ3n) is 4.43. The fraction of sp³-hybridized carbons (Fsp3) is 0.643. The van der Waals surface area contributed by atoms with E-state index in [1.54, 1.807) is 7.05 Å². The van der Waals surface area contributed by atoms with Crippen molar-refractivity contribution in [2.75, 3.05) is 32.7 Å². The number of likely N-dealkylation sites (N-methyl/N-ethyl adjacent to an activating group) is 1. The van der Waals surface area contributed by atoms with Crippen molar-refractivity contribution in [2.24, 2.45) is 14.1 Å². The van der Waals surface area contributed by atoms with Crippen LogP contribution in [0.1, 0.15) is 12.7 Å². The smallest absolute Gasteiger partial charge is 0.332 e. The van der Waals surface area contributed by atoms with E-state index in [1.165, 1.54) is 11.6 Å². The van der Waals surface area contributed by atoms with Crippen molar-refractivity contribution < 1.29 is 0 Å². The van der Waals surface area contributed by atoms with Gasteiger partial charge in [0.15, 0.2) is 5.65 Å². The van der Waals surface area contributed by atoms with Gasteiger partial charge in [-0.15, -0.1) is 0 Å². The topological polar surface area (TPSA) is 79.2 Å². The van der Waals surface area contributed by atoms with Gasteiger partial charge in [-0.2, -0.15) is 0 Å². The number of nitrogens with one attached hydrogen (secondary N) is 1. The minimum absolute atomic E-state index is 0.326. The molecule has 0 atom stereocenters. The predicted molar refractivity (Wildman–Crippen MR) is 84.0 cm³/mol. The molecule has 1 aliphatic heterocycles. The first kappa shape index (κ1) is 15.0. The maximum absolute atomic E-state index is 12.1. The molecule has 2 aromatic rings. The Balaban J connectivity index is 1.87. The van der Waals surface area contributed by atoms with E-state index in [-0.39, 0.29) is 11.2 Å². The Hall–Kier alpha value is -1.93. The van der Waals surface area contributed by atoms with Crippen LogP contribution in [0.4, 0.5) is 0 Å². The zero-order chi connectivity index (χ0) is 15.9. The Morgan fingerprint density at radius 1 is 1.05 bits per heavy atom. The molecule has 1 N–H and O–H groups in total. The lowest BCUT2D eigenvalue weighted by Crippen LogP contribution is -2.45. The molecule has 3 rings (SSSR count). The van der Waals surface area contributed by atoms with Crippen molar-refractivity contribution in [3.63, 3.8) is 0 Å². The predicted octanol–water partition coefficient (Wildman–Crippen LogP) is -0.902. The molecule has 0 amide bonds. The SMILES string of the molecule is CCN1CCN(Cc2nc3c([nH]2)c(=O)n(C)c(=O)n3C)CC1. The van der Waals surface area contributed by atoms with Crippen LogP contribution in [0, 0.1) is 0 Å². The van der Waals surface area contributed by atoms with Gasteiger partial charge in [0.05, 0.1) is 6.54 Å². The summed E-state index contributed by atoms with van der Waals surface area (Å²) in [6.45, 7) is 8.00. The number of piperazine rings is 1. The maximum Gasteiger partial charge on any atom is 0.332 e. The monoisotopic (exact) mass is 306 g/mol. The molecule has 0 bridgehead atoms. The van der Waals surface area contributed by atoms with Crippen LogP contribution in [0.5, 0.6) is 0 Å². The average Bonchev–Trinajstić information content (AvgIpc) is 2.95. The zero-order valence-electron chi connectivity index (χ0n) is 13.3. The van der Waals surface area contributed by atoms with Gasteiger partial charge in [-0.1, -0.05) is 6.92 Å². The van der Waals surface area contributed by atoms with Crippen molar-refractivity contribution >= 4 is 11.2 Å². The van der Waals surface area contributed by atoms with E-state index in [0.29, 0.717) is 17.7 Å². The minimum Gasteiger partial charge on any atom is -0.335 e. The van der Waals surface area contributed by atoms with E-state index in [9.17, 15) is 9.59 Å². The quantitative estimate of drug-likeness (QED) is 0.795. The summed E-state index contributed by atoms with van der Waals surface area (Å²) in [7, 11) is 3.11. The highest BCUT2D eigenvalue weighted by atomic mass is 16.2. The molecule has 22 heavy (non-hydrogen) atoms. The van der Waals surface area contributed by atoms with Gasteiger partial charge < -0.3 is 9.88 Å². The number of hydrogen-bond donors (Lipinski definition) is 1. The van der Waals surface area contributed by atoms with E-state index in [0.717, 1.165) is 43.1 Å². The Morgan fingerprint density at radius 3 is 2.32 bits per heavy atom. The van der Waals surface area contributed by atoms with Crippen molar-refractivity contribution in [2.45, 2.75) is 13.5 Å². The van der Waals surface area contributed by atoms with Crippen LogP contribution < -0.4 is 11.2 Å². The molecule has 0 radical (unpaired) electrons. The molecule has 2 aromatic heterocycles. The van der Waals surface area contributed by atoms with Gasteiger partial charge in [0.25, 0.3) is 5.56 Å². The second-order valence-electron chi connectivity index (χ2n) is 5.80. The number of aryl methyl sites for hydroxylation is 1. The summed E-state index contributed by atoms with van der Waals surface area (Å²) < 4.78 is 2.51. The Labute approximate surface area is 128 Å². The highest BCUT2D eigenvalue weighted by molar-refractivity contribution is 5.69. The maximum atomic E-state index is 12.1. The summed E-state index contributed by atoms with van der Waals surface area (Å²) in [5, 5.41) is 0. The number of hydrogen-bond acceptors (Lipinski definition) is 5. The average molecular weight is 306 g/mol. The summed E-state index contributed by atoms with van der Waals surface area (Å²) in [5.74, 6) is 0.734. The van der Waals surface area contributed by atoms with Crippen LogP contribution in [0.2, 0.25) is 0 Å². The first-order valence-corrected chi connectivity index (χ1v) is 7.60. The van der Waals surface area contributed by atoms with Crippen LogP contribution in [-0.4, -0.2) is 61.6 Å².